The number of benzene rings is 3. The third kappa shape index (κ3) is 4.34. The van der Waals surface area contributed by atoms with Crippen LogP contribution in [-0.2, 0) is 0 Å². The van der Waals surface area contributed by atoms with Crippen LogP contribution in [0.5, 0.6) is 5.75 Å². The molecule has 1 aliphatic rings. The molecule has 6 nitrogen and oxygen atoms in total. The van der Waals surface area contributed by atoms with Crippen molar-refractivity contribution in [3.63, 3.8) is 0 Å². The van der Waals surface area contributed by atoms with E-state index in [0.717, 1.165) is 24.2 Å². The van der Waals surface area contributed by atoms with E-state index in [4.69, 9.17) is 0 Å². The van der Waals surface area contributed by atoms with Gasteiger partial charge in [0.15, 0.2) is 0 Å². The van der Waals surface area contributed by atoms with Crippen LogP contribution in [0.15, 0.2) is 72.8 Å². The van der Waals surface area contributed by atoms with Crippen molar-refractivity contribution in [1.29, 1.82) is 0 Å². The van der Waals surface area contributed by atoms with E-state index in [2.05, 4.69) is 10.6 Å². The monoisotopic (exact) mass is 401 g/mol. The average molecular weight is 401 g/mol. The lowest BCUT2D eigenvalue weighted by Gasteiger charge is -2.27. The second kappa shape index (κ2) is 8.80. The molecule has 30 heavy (non-hydrogen) atoms. The summed E-state index contributed by atoms with van der Waals surface area (Å²) in [6.07, 6.45) is 0. The van der Waals surface area contributed by atoms with Crippen LogP contribution in [0.25, 0.3) is 11.1 Å². The summed E-state index contributed by atoms with van der Waals surface area (Å²) in [6.45, 7) is 3.03. The molecule has 1 fully saturated rings. The molecule has 0 aromatic heterocycles. The highest BCUT2D eigenvalue weighted by atomic mass is 16.3. The second-order valence-corrected chi connectivity index (χ2v) is 7.17. The number of hydrogen-bond acceptors (Lipinski definition) is 4. The van der Waals surface area contributed by atoms with E-state index in [1.165, 1.54) is 6.07 Å². The third-order valence-electron chi connectivity index (χ3n) is 5.14. The molecule has 152 valence electrons. The lowest BCUT2D eigenvalue weighted by atomic mass is 10.0. The van der Waals surface area contributed by atoms with Crippen molar-refractivity contribution in [1.82, 2.24) is 10.2 Å². The number of nitrogens with one attached hydrogen (secondary N) is 2. The molecule has 0 aliphatic carbocycles. The van der Waals surface area contributed by atoms with Gasteiger partial charge in [-0.1, -0.05) is 36.4 Å². The summed E-state index contributed by atoms with van der Waals surface area (Å²) in [5, 5.41) is 16.2. The van der Waals surface area contributed by atoms with Crippen molar-refractivity contribution in [2.75, 3.05) is 31.5 Å². The number of hydrogen-bond donors (Lipinski definition) is 3. The molecule has 2 amide bonds. The predicted octanol–water partition coefficient (Wildman–Crippen LogP) is 3.36. The summed E-state index contributed by atoms with van der Waals surface area (Å²) in [6, 6.07) is 21.3. The number of carbonyl (C=O) groups is 2. The van der Waals surface area contributed by atoms with E-state index in [0.29, 0.717) is 24.3 Å². The summed E-state index contributed by atoms with van der Waals surface area (Å²) < 4.78 is 0. The fourth-order valence-corrected chi connectivity index (χ4v) is 3.47. The molecular formula is C24H23N3O3. The first kappa shape index (κ1) is 19.7. The summed E-state index contributed by atoms with van der Waals surface area (Å²) in [5.74, 6) is -0.444. The Morgan fingerprint density at radius 2 is 1.53 bits per heavy atom. The Morgan fingerprint density at radius 1 is 0.867 bits per heavy atom. The Labute approximate surface area is 175 Å². The zero-order chi connectivity index (χ0) is 20.9. The molecule has 6 heteroatoms. The van der Waals surface area contributed by atoms with Crippen LogP contribution in [0.2, 0.25) is 0 Å². The predicted molar refractivity (Wildman–Crippen MR) is 117 cm³/mol. The first-order valence-corrected chi connectivity index (χ1v) is 9.92. The van der Waals surface area contributed by atoms with Gasteiger partial charge in [-0.15, -0.1) is 0 Å². The Bertz CT molecular complexity index is 1040. The number of phenols is 1. The van der Waals surface area contributed by atoms with E-state index in [1.807, 2.05) is 35.2 Å². The van der Waals surface area contributed by atoms with Crippen LogP contribution < -0.4 is 10.6 Å². The SMILES string of the molecule is O=C(Nc1ccccc1)c1cc(-c2ccc(C(=O)N3CCNCC3)cc2)ccc1O. The van der Waals surface area contributed by atoms with Crippen LogP contribution >= 0.6 is 0 Å². The average Bonchev–Trinajstić information content (AvgIpc) is 2.80. The number of carbonyl (C=O) groups excluding carboxylic acids is 2. The molecule has 3 aromatic carbocycles. The van der Waals surface area contributed by atoms with Crippen molar-refractivity contribution in [2.24, 2.45) is 0 Å². The number of rotatable bonds is 4. The summed E-state index contributed by atoms with van der Waals surface area (Å²) in [7, 11) is 0. The van der Waals surface area contributed by atoms with Crippen molar-refractivity contribution in [3.05, 3.63) is 83.9 Å². The van der Waals surface area contributed by atoms with Gasteiger partial charge in [-0.3, -0.25) is 9.59 Å². The van der Waals surface area contributed by atoms with E-state index >= 15 is 0 Å². The largest absolute Gasteiger partial charge is 0.507 e. The fraction of sp³-hybridized carbons (Fsp3) is 0.167. The molecular weight excluding hydrogens is 378 g/mol. The highest BCUT2D eigenvalue weighted by Crippen LogP contribution is 2.27. The first-order chi connectivity index (χ1) is 14.6. The molecule has 0 bridgehead atoms. The normalized spacial score (nSPS) is 13.7. The van der Waals surface area contributed by atoms with Crippen molar-refractivity contribution >= 4 is 17.5 Å². The zero-order valence-electron chi connectivity index (χ0n) is 16.5. The van der Waals surface area contributed by atoms with Crippen molar-refractivity contribution in [3.8, 4) is 16.9 Å². The Balaban J connectivity index is 1.53. The molecule has 3 aromatic rings. The second-order valence-electron chi connectivity index (χ2n) is 7.17. The highest BCUT2D eigenvalue weighted by Gasteiger charge is 2.18. The molecule has 1 aliphatic heterocycles. The number of nitrogens with zero attached hydrogens (tertiary/aromatic N) is 1. The molecule has 1 saturated heterocycles. The number of phenolic OH excluding ortho intramolecular Hbond substituents is 1. The van der Waals surface area contributed by atoms with Gasteiger partial charge in [0.1, 0.15) is 5.75 Å². The van der Waals surface area contributed by atoms with Gasteiger partial charge < -0.3 is 20.6 Å². The number of anilines is 1. The number of para-hydroxylation sites is 1. The molecule has 0 unspecified atom stereocenters. The number of aromatic hydroxyl groups is 1. The Hall–Kier alpha value is -3.64. The minimum absolute atomic E-state index is 0.0247. The van der Waals surface area contributed by atoms with E-state index in [9.17, 15) is 14.7 Å². The number of amides is 2. The fourth-order valence-electron chi connectivity index (χ4n) is 3.47. The van der Waals surface area contributed by atoms with Crippen molar-refractivity contribution in [2.45, 2.75) is 0 Å². The summed E-state index contributed by atoms with van der Waals surface area (Å²) >= 11 is 0. The van der Waals surface area contributed by atoms with E-state index in [1.54, 1.807) is 36.4 Å². The van der Waals surface area contributed by atoms with Gasteiger partial charge in [0.25, 0.3) is 11.8 Å². The molecule has 4 rings (SSSR count). The van der Waals surface area contributed by atoms with Gasteiger partial charge >= 0.3 is 0 Å². The minimum atomic E-state index is -0.383. The molecule has 0 spiro atoms. The van der Waals surface area contributed by atoms with Gasteiger partial charge in [-0.05, 0) is 47.5 Å². The van der Waals surface area contributed by atoms with Crippen molar-refractivity contribution < 1.29 is 14.7 Å². The highest BCUT2D eigenvalue weighted by molar-refractivity contribution is 6.06. The van der Waals surface area contributed by atoms with Crippen LogP contribution in [0.3, 0.4) is 0 Å². The van der Waals surface area contributed by atoms with Gasteiger partial charge in [0.05, 0.1) is 5.56 Å². The smallest absolute Gasteiger partial charge is 0.259 e. The third-order valence-corrected chi connectivity index (χ3v) is 5.14. The maximum Gasteiger partial charge on any atom is 0.259 e. The van der Waals surface area contributed by atoms with Crippen LogP contribution in [0.4, 0.5) is 5.69 Å². The molecule has 0 radical (unpaired) electrons. The maximum atomic E-state index is 12.6. The summed E-state index contributed by atoms with van der Waals surface area (Å²) in [5.41, 5.74) is 3.13. The lowest BCUT2D eigenvalue weighted by Crippen LogP contribution is -2.46. The molecule has 3 N–H and O–H groups in total. The zero-order valence-corrected chi connectivity index (χ0v) is 16.5. The van der Waals surface area contributed by atoms with Gasteiger partial charge in [-0.25, -0.2) is 0 Å². The van der Waals surface area contributed by atoms with Gasteiger partial charge in [0, 0.05) is 37.4 Å². The van der Waals surface area contributed by atoms with Gasteiger partial charge in [0.2, 0.25) is 0 Å². The quantitative estimate of drug-likeness (QED) is 0.626. The van der Waals surface area contributed by atoms with Crippen LogP contribution in [0, 0.1) is 0 Å². The molecule has 1 heterocycles. The molecule has 0 atom stereocenters. The van der Waals surface area contributed by atoms with Crippen LogP contribution in [0.1, 0.15) is 20.7 Å². The Kier molecular flexibility index (Phi) is 5.77. The van der Waals surface area contributed by atoms with Crippen LogP contribution in [-0.4, -0.2) is 48.0 Å². The maximum absolute atomic E-state index is 12.6. The standard InChI is InChI=1S/C24H23N3O3/c28-22-11-10-19(16-21(22)23(29)26-20-4-2-1-3-5-20)17-6-8-18(9-7-17)24(30)27-14-12-25-13-15-27/h1-11,16,25,28H,12-15H2,(H,26,29). The van der Waals surface area contributed by atoms with E-state index < -0.39 is 0 Å². The number of piperazine rings is 1. The first-order valence-electron chi connectivity index (χ1n) is 9.92. The minimum Gasteiger partial charge on any atom is -0.507 e. The lowest BCUT2D eigenvalue weighted by molar-refractivity contribution is 0.0735. The van der Waals surface area contributed by atoms with E-state index in [-0.39, 0.29) is 23.1 Å². The van der Waals surface area contributed by atoms with Gasteiger partial charge in [-0.2, -0.15) is 0 Å². The summed E-state index contributed by atoms with van der Waals surface area (Å²) in [4.78, 5) is 27.1. The molecule has 0 saturated carbocycles. The topological polar surface area (TPSA) is 81.7 Å². The Morgan fingerprint density at radius 3 is 2.23 bits per heavy atom.